The molecule has 3 unspecified atom stereocenters. The summed E-state index contributed by atoms with van der Waals surface area (Å²) in [6.45, 7) is 8.45. The summed E-state index contributed by atoms with van der Waals surface area (Å²) in [5.74, 6) is 1.78. The van der Waals surface area contributed by atoms with E-state index in [9.17, 15) is 4.79 Å². The number of rotatable bonds is 3. The highest BCUT2D eigenvalue weighted by Crippen LogP contribution is 2.34. The number of amidine groups is 1. The van der Waals surface area contributed by atoms with Gasteiger partial charge in [-0.3, -0.25) is 9.79 Å². The van der Waals surface area contributed by atoms with Gasteiger partial charge in [-0.2, -0.15) is 0 Å². The number of nitrogens with zero attached hydrogens (tertiary/aromatic N) is 3. The zero-order valence-corrected chi connectivity index (χ0v) is 21.0. The molecule has 3 atom stereocenters. The molecule has 1 amide bonds. The monoisotopic (exact) mass is 478 g/mol. The first-order valence-corrected chi connectivity index (χ1v) is 12.8. The summed E-state index contributed by atoms with van der Waals surface area (Å²) < 4.78 is 0.800. The van der Waals surface area contributed by atoms with Crippen molar-refractivity contribution in [1.29, 1.82) is 0 Å². The lowest BCUT2D eigenvalue weighted by Gasteiger charge is -2.36. The second-order valence-electron chi connectivity index (χ2n) is 9.04. The molecule has 172 valence electrons. The lowest BCUT2D eigenvalue weighted by atomic mass is 9.92. The molecule has 0 radical (unpaired) electrons. The third-order valence-electron chi connectivity index (χ3n) is 5.96. The van der Waals surface area contributed by atoms with Crippen LogP contribution in [0.15, 0.2) is 64.6 Å². The number of nitrogens with one attached hydrogen (secondary N) is 1. The van der Waals surface area contributed by atoms with Gasteiger partial charge in [-0.25, -0.2) is 4.99 Å². The van der Waals surface area contributed by atoms with Gasteiger partial charge in [0.1, 0.15) is 10.2 Å². The summed E-state index contributed by atoms with van der Waals surface area (Å²) >= 11 is 7.09. The van der Waals surface area contributed by atoms with Crippen molar-refractivity contribution in [3.63, 3.8) is 0 Å². The number of piperidine rings is 1. The molecule has 0 bridgehead atoms. The summed E-state index contributed by atoms with van der Waals surface area (Å²) in [6.07, 6.45) is 1.23. The van der Waals surface area contributed by atoms with Gasteiger partial charge in [0.05, 0.1) is 23.0 Å². The van der Waals surface area contributed by atoms with Crippen LogP contribution >= 0.6 is 24.0 Å². The van der Waals surface area contributed by atoms with Gasteiger partial charge < -0.3 is 10.2 Å². The Labute approximate surface area is 205 Å². The number of benzene rings is 2. The van der Waals surface area contributed by atoms with E-state index in [0.29, 0.717) is 17.7 Å². The molecule has 4 rings (SSSR count). The van der Waals surface area contributed by atoms with Crippen LogP contribution in [0.25, 0.3) is 0 Å². The number of fused-ring (bicyclic) bond motifs is 1. The Morgan fingerprint density at radius 1 is 1.03 bits per heavy atom. The average Bonchev–Trinajstić information content (AvgIpc) is 2.92. The van der Waals surface area contributed by atoms with E-state index in [1.54, 1.807) is 0 Å². The minimum Gasteiger partial charge on any atom is -0.357 e. The van der Waals surface area contributed by atoms with E-state index >= 15 is 0 Å². The van der Waals surface area contributed by atoms with E-state index in [0.717, 1.165) is 40.1 Å². The summed E-state index contributed by atoms with van der Waals surface area (Å²) in [4.78, 5) is 24.9. The Morgan fingerprint density at radius 2 is 1.64 bits per heavy atom. The number of carbonyl (C=O) groups is 1. The molecule has 2 heterocycles. The SMILES string of the molecule is CC1=Nc2ccccc2N=C(NC(=O)CSC(=S)N2CC(C)CC(C)C2)C1c1ccccc1. The number of thiocarbonyl (C=S) groups is 1. The van der Waals surface area contributed by atoms with Crippen LogP contribution in [0, 0.1) is 11.8 Å². The smallest absolute Gasteiger partial charge is 0.235 e. The van der Waals surface area contributed by atoms with E-state index < -0.39 is 0 Å². The van der Waals surface area contributed by atoms with E-state index in [4.69, 9.17) is 22.2 Å². The molecule has 0 saturated carbocycles. The van der Waals surface area contributed by atoms with Crippen molar-refractivity contribution in [1.82, 2.24) is 10.2 Å². The first-order chi connectivity index (χ1) is 15.9. The molecule has 1 N–H and O–H groups in total. The zero-order valence-electron chi connectivity index (χ0n) is 19.3. The number of aliphatic imine (C=N–C) groups is 2. The topological polar surface area (TPSA) is 57.1 Å². The van der Waals surface area contributed by atoms with Gasteiger partial charge in [0, 0.05) is 18.8 Å². The number of likely N-dealkylation sites (tertiary alicyclic amines) is 1. The average molecular weight is 479 g/mol. The standard InChI is InChI=1S/C26H30N4OS2/c1-17-13-18(2)15-30(14-17)26(32)33-16-23(31)29-25-24(20-9-5-4-6-10-20)19(3)27-21-11-7-8-12-22(21)28-25/h4-12,17-18,24H,13-16H2,1-3H3,(H,28,29,31). The van der Waals surface area contributed by atoms with Crippen molar-refractivity contribution < 1.29 is 4.79 Å². The van der Waals surface area contributed by atoms with Crippen LogP contribution < -0.4 is 5.32 Å². The van der Waals surface area contributed by atoms with Crippen LogP contribution in [0.4, 0.5) is 11.4 Å². The second-order valence-corrected chi connectivity index (χ2v) is 10.6. The minimum absolute atomic E-state index is 0.104. The molecule has 2 aromatic rings. The highest BCUT2D eigenvalue weighted by Gasteiger charge is 2.27. The molecule has 33 heavy (non-hydrogen) atoms. The van der Waals surface area contributed by atoms with Crippen LogP contribution in [0.5, 0.6) is 0 Å². The van der Waals surface area contributed by atoms with Gasteiger partial charge in [0.2, 0.25) is 5.91 Å². The number of carbonyl (C=O) groups excluding carboxylic acids is 1. The normalized spacial score (nSPS) is 22.5. The number of thioether (sulfide) groups is 1. The van der Waals surface area contributed by atoms with Gasteiger partial charge >= 0.3 is 0 Å². The van der Waals surface area contributed by atoms with Crippen LogP contribution in [0.1, 0.15) is 38.7 Å². The third kappa shape index (κ3) is 5.89. The Balaban J connectivity index is 1.50. The van der Waals surface area contributed by atoms with Crippen molar-refractivity contribution in [3.05, 3.63) is 60.2 Å². The van der Waals surface area contributed by atoms with Crippen molar-refractivity contribution in [2.45, 2.75) is 33.1 Å². The Kier molecular flexibility index (Phi) is 7.60. The van der Waals surface area contributed by atoms with Crippen LogP contribution in [-0.2, 0) is 4.79 Å². The van der Waals surface area contributed by atoms with Gasteiger partial charge in [0.15, 0.2) is 0 Å². The van der Waals surface area contributed by atoms with E-state index in [-0.39, 0.29) is 17.6 Å². The number of hydrogen-bond donors (Lipinski definition) is 1. The van der Waals surface area contributed by atoms with E-state index in [1.165, 1.54) is 18.2 Å². The highest BCUT2D eigenvalue weighted by atomic mass is 32.2. The van der Waals surface area contributed by atoms with Crippen LogP contribution in [0.2, 0.25) is 0 Å². The first kappa shape index (κ1) is 23.6. The number of amides is 1. The molecule has 1 fully saturated rings. The molecule has 2 aromatic carbocycles. The molecule has 5 nitrogen and oxygen atoms in total. The van der Waals surface area contributed by atoms with Crippen LogP contribution in [0.3, 0.4) is 0 Å². The van der Waals surface area contributed by atoms with E-state index in [2.05, 4.69) is 24.1 Å². The molecule has 2 aliphatic heterocycles. The zero-order chi connectivity index (χ0) is 23.4. The molecule has 0 spiro atoms. The van der Waals surface area contributed by atoms with Gasteiger partial charge in [0.25, 0.3) is 0 Å². The Bertz CT molecular complexity index is 1070. The first-order valence-electron chi connectivity index (χ1n) is 11.4. The summed E-state index contributed by atoms with van der Waals surface area (Å²) in [7, 11) is 0. The maximum Gasteiger partial charge on any atom is 0.235 e. The maximum atomic E-state index is 13.0. The molecule has 0 aromatic heterocycles. The van der Waals surface area contributed by atoms with Gasteiger partial charge in [-0.1, -0.05) is 80.3 Å². The third-order valence-corrected chi connectivity index (χ3v) is 7.49. The summed E-state index contributed by atoms with van der Waals surface area (Å²) in [5.41, 5.74) is 3.50. The lowest BCUT2D eigenvalue weighted by Crippen LogP contribution is -2.42. The van der Waals surface area contributed by atoms with Gasteiger partial charge in [-0.05, 0) is 42.9 Å². The van der Waals surface area contributed by atoms with Crippen molar-refractivity contribution in [2.75, 3.05) is 18.8 Å². The van der Waals surface area contributed by atoms with Crippen molar-refractivity contribution >= 4 is 57.1 Å². The molecule has 2 aliphatic rings. The molecular weight excluding hydrogens is 448 g/mol. The maximum absolute atomic E-state index is 13.0. The predicted molar refractivity (Wildman–Crippen MR) is 143 cm³/mol. The minimum atomic E-state index is -0.219. The molecule has 0 aliphatic carbocycles. The van der Waals surface area contributed by atoms with Crippen molar-refractivity contribution in [3.8, 4) is 0 Å². The highest BCUT2D eigenvalue weighted by molar-refractivity contribution is 8.23. The summed E-state index contributed by atoms with van der Waals surface area (Å²) in [5, 5.41) is 3.09. The molecule has 1 saturated heterocycles. The predicted octanol–water partition coefficient (Wildman–Crippen LogP) is 5.72. The fourth-order valence-electron chi connectivity index (χ4n) is 4.65. The quantitative estimate of drug-likeness (QED) is 0.574. The van der Waals surface area contributed by atoms with E-state index in [1.807, 2.05) is 61.5 Å². The molecular formula is C26H30N4OS2. The molecule has 7 heteroatoms. The van der Waals surface area contributed by atoms with Crippen molar-refractivity contribution in [2.24, 2.45) is 21.8 Å². The lowest BCUT2D eigenvalue weighted by molar-refractivity contribution is -0.117. The van der Waals surface area contributed by atoms with Gasteiger partial charge in [-0.15, -0.1) is 0 Å². The number of hydrogen-bond acceptors (Lipinski definition) is 5. The second kappa shape index (κ2) is 10.6. The Morgan fingerprint density at radius 3 is 2.30 bits per heavy atom. The Hall–Kier alpha value is -2.51. The largest absolute Gasteiger partial charge is 0.357 e. The summed E-state index contributed by atoms with van der Waals surface area (Å²) in [6, 6.07) is 17.8. The number of para-hydroxylation sites is 2. The fourth-order valence-corrected chi connectivity index (χ4v) is 5.64. The van der Waals surface area contributed by atoms with Crippen LogP contribution in [-0.4, -0.2) is 45.5 Å². The fraction of sp³-hybridized carbons (Fsp3) is 0.385.